The summed E-state index contributed by atoms with van der Waals surface area (Å²) in [5, 5.41) is 3.08. The molecule has 7 rings (SSSR count). The Morgan fingerprint density at radius 1 is 0.860 bits per heavy atom. The van der Waals surface area contributed by atoms with Crippen molar-refractivity contribution in [1.29, 1.82) is 0 Å². The van der Waals surface area contributed by atoms with Crippen LogP contribution >= 0.6 is 0 Å². The van der Waals surface area contributed by atoms with E-state index in [2.05, 4.69) is 5.32 Å². The largest absolute Gasteiger partial charge is 0.497 e. The van der Waals surface area contributed by atoms with E-state index in [4.69, 9.17) is 9.47 Å². The number of nitrogens with zero attached hydrogens (tertiary/aromatic N) is 1. The maximum Gasteiger partial charge on any atom is 0.238 e. The molecule has 214 valence electrons. The highest BCUT2D eigenvalue weighted by Crippen LogP contribution is 2.62. The third-order valence-electron chi connectivity index (χ3n) is 9.13. The van der Waals surface area contributed by atoms with Gasteiger partial charge in [0.2, 0.25) is 5.91 Å². The van der Waals surface area contributed by atoms with Crippen molar-refractivity contribution in [3.05, 3.63) is 131 Å². The lowest BCUT2D eigenvalue weighted by atomic mass is 9.62. The van der Waals surface area contributed by atoms with Crippen LogP contribution in [0, 0.1) is 12.8 Å². The normalized spacial score (nSPS) is 22.9. The third-order valence-corrected chi connectivity index (χ3v) is 9.13. The van der Waals surface area contributed by atoms with Crippen molar-refractivity contribution < 1.29 is 23.9 Å². The second-order valence-corrected chi connectivity index (χ2v) is 11.2. The van der Waals surface area contributed by atoms with Gasteiger partial charge in [0.25, 0.3) is 0 Å². The van der Waals surface area contributed by atoms with Crippen molar-refractivity contribution in [2.24, 2.45) is 5.92 Å². The molecule has 0 saturated carbocycles. The molecule has 3 aliphatic heterocycles. The quantitative estimate of drug-likeness (QED) is 0.287. The molecule has 7 nitrogen and oxygen atoms in total. The molecule has 4 atom stereocenters. The summed E-state index contributed by atoms with van der Waals surface area (Å²) in [7, 11) is 3.03. The van der Waals surface area contributed by atoms with Crippen molar-refractivity contribution >= 4 is 29.2 Å². The van der Waals surface area contributed by atoms with Crippen LogP contribution in [0.2, 0.25) is 0 Å². The van der Waals surface area contributed by atoms with Crippen LogP contribution in [-0.4, -0.2) is 42.6 Å². The van der Waals surface area contributed by atoms with Gasteiger partial charge in [-0.3, -0.25) is 14.4 Å². The highest BCUT2D eigenvalue weighted by Gasteiger charge is 2.70. The Balaban J connectivity index is 1.55. The SMILES string of the molecule is COc1ccc(OC)c(C(=O)[C@@H]2[C@H](C(=O)c3ccc(C)cc3)N3C=Cc4ccccc4[C@@H]3[C@@]23C(=O)Nc2ccccc23)c1. The Morgan fingerprint density at radius 2 is 1.60 bits per heavy atom. The molecule has 0 aromatic heterocycles. The van der Waals surface area contributed by atoms with E-state index in [1.54, 1.807) is 30.3 Å². The van der Waals surface area contributed by atoms with E-state index >= 15 is 4.79 Å². The summed E-state index contributed by atoms with van der Waals surface area (Å²) in [6.45, 7) is 1.96. The van der Waals surface area contributed by atoms with Gasteiger partial charge in [0.1, 0.15) is 23.0 Å². The smallest absolute Gasteiger partial charge is 0.238 e. The van der Waals surface area contributed by atoms with Crippen molar-refractivity contribution in [2.45, 2.75) is 24.4 Å². The van der Waals surface area contributed by atoms with E-state index in [1.807, 2.05) is 84.8 Å². The molecule has 0 bridgehead atoms. The lowest BCUT2D eigenvalue weighted by Crippen LogP contribution is -2.49. The maximum atomic E-state index is 15.1. The molecule has 3 aliphatic rings. The number of fused-ring (bicyclic) bond motifs is 6. The van der Waals surface area contributed by atoms with Crippen LogP contribution in [0.15, 0.2) is 97.2 Å². The number of Topliss-reactive ketones (excluding diaryl/α,β-unsaturated/α-hetero) is 2. The fourth-order valence-corrected chi connectivity index (χ4v) is 7.23. The van der Waals surface area contributed by atoms with Gasteiger partial charge in [-0.2, -0.15) is 0 Å². The number of rotatable bonds is 6. The number of amides is 1. The monoisotopic (exact) mass is 570 g/mol. The van der Waals surface area contributed by atoms with Crippen molar-refractivity contribution in [2.75, 3.05) is 19.5 Å². The molecule has 1 amide bonds. The maximum absolute atomic E-state index is 15.1. The number of hydrogen-bond acceptors (Lipinski definition) is 6. The zero-order valence-corrected chi connectivity index (χ0v) is 24.0. The summed E-state index contributed by atoms with van der Waals surface area (Å²) in [5.41, 5.74) is 3.47. The Bertz CT molecular complexity index is 1830. The van der Waals surface area contributed by atoms with Crippen LogP contribution in [-0.2, 0) is 10.2 Å². The van der Waals surface area contributed by atoms with Crippen LogP contribution in [0.4, 0.5) is 5.69 Å². The predicted octanol–water partition coefficient (Wildman–Crippen LogP) is 5.99. The number of ether oxygens (including phenoxy) is 2. The van der Waals surface area contributed by atoms with Gasteiger partial charge in [-0.1, -0.05) is 72.3 Å². The molecular formula is C36H30N2O5. The number of nitrogens with one attached hydrogen (secondary N) is 1. The summed E-state index contributed by atoms with van der Waals surface area (Å²) in [6, 6.07) is 26.1. The number of methoxy groups -OCH3 is 2. The minimum atomic E-state index is -1.42. The summed E-state index contributed by atoms with van der Waals surface area (Å²) >= 11 is 0. The first-order chi connectivity index (χ1) is 20.9. The lowest BCUT2D eigenvalue weighted by Gasteiger charge is -2.38. The average molecular weight is 571 g/mol. The van der Waals surface area contributed by atoms with E-state index < -0.39 is 23.4 Å². The molecule has 1 spiro atoms. The fourth-order valence-electron chi connectivity index (χ4n) is 7.23. The van der Waals surface area contributed by atoms with Gasteiger partial charge in [-0.05, 0) is 54.0 Å². The van der Waals surface area contributed by atoms with E-state index in [-0.39, 0.29) is 23.0 Å². The van der Waals surface area contributed by atoms with Gasteiger partial charge >= 0.3 is 0 Å². The molecule has 1 saturated heterocycles. The molecule has 1 fully saturated rings. The standard InChI is InChI=1S/C36H30N2O5/c1-21-12-14-23(15-13-21)32(39)31-30(33(40)26-20-24(42-2)16-17-29(26)43-3)36(27-10-6-7-11-28(27)37-35(36)41)34-25-9-5-4-8-22(25)18-19-38(31)34/h4-20,30-31,34H,1-3H3,(H,37,41)/t30-,31+,34+,36-/m0/s1. The summed E-state index contributed by atoms with van der Waals surface area (Å²) in [4.78, 5) is 46.4. The summed E-state index contributed by atoms with van der Waals surface area (Å²) < 4.78 is 11.1. The van der Waals surface area contributed by atoms with Crippen molar-refractivity contribution in [3.8, 4) is 11.5 Å². The molecule has 0 aliphatic carbocycles. The first-order valence-corrected chi connectivity index (χ1v) is 14.2. The molecule has 7 heteroatoms. The molecular weight excluding hydrogens is 540 g/mol. The number of carbonyl (C=O) groups excluding carboxylic acids is 3. The van der Waals surface area contributed by atoms with E-state index in [1.165, 1.54) is 14.2 Å². The fraction of sp³-hybridized carbons (Fsp3) is 0.194. The van der Waals surface area contributed by atoms with E-state index in [0.29, 0.717) is 28.3 Å². The molecule has 4 aromatic carbocycles. The van der Waals surface area contributed by atoms with Crippen LogP contribution in [0.1, 0.15) is 49.0 Å². The van der Waals surface area contributed by atoms with Gasteiger partial charge in [0, 0.05) is 17.5 Å². The molecule has 3 heterocycles. The molecule has 43 heavy (non-hydrogen) atoms. The number of hydrogen-bond donors (Lipinski definition) is 1. The van der Waals surface area contributed by atoms with Gasteiger partial charge < -0.3 is 19.7 Å². The lowest BCUT2D eigenvalue weighted by molar-refractivity contribution is -0.122. The summed E-state index contributed by atoms with van der Waals surface area (Å²) in [5.74, 6) is -1.21. The Hall–Kier alpha value is -5.17. The van der Waals surface area contributed by atoms with Crippen LogP contribution in [0.5, 0.6) is 11.5 Å². The number of aryl methyl sites for hydroxylation is 1. The van der Waals surface area contributed by atoms with Gasteiger partial charge in [-0.15, -0.1) is 0 Å². The Morgan fingerprint density at radius 3 is 2.37 bits per heavy atom. The second-order valence-electron chi connectivity index (χ2n) is 11.2. The molecule has 0 unspecified atom stereocenters. The van der Waals surface area contributed by atoms with E-state index in [0.717, 1.165) is 16.7 Å². The first-order valence-electron chi connectivity index (χ1n) is 14.2. The van der Waals surface area contributed by atoms with Gasteiger partial charge in [-0.25, -0.2) is 0 Å². The third kappa shape index (κ3) is 3.77. The molecule has 4 aromatic rings. The molecule has 0 radical (unpaired) electrons. The van der Waals surface area contributed by atoms with E-state index in [9.17, 15) is 9.59 Å². The zero-order chi connectivity index (χ0) is 29.9. The minimum absolute atomic E-state index is 0.233. The Kier molecular flexibility index (Phi) is 6.20. The minimum Gasteiger partial charge on any atom is -0.497 e. The number of carbonyl (C=O) groups is 3. The van der Waals surface area contributed by atoms with Crippen molar-refractivity contribution in [3.63, 3.8) is 0 Å². The van der Waals surface area contributed by atoms with Gasteiger partial charge in [0.15, 0.2) is 11.6 Å². The second kappa shape index (κ2) is 9.98. The predicted molar refractivity (Wildman–Crippen MR) is 163 cm³/mol. The highest BCUT2D eigenvalue weighted by atomic mass is 16.5. The number of para-hydroxylation sites is 1. The van der Waals surface area contributed by atoms with Crippen LogP contribution in [0.25, 0.3) is 6.08 Å². The average Bonchev–Trinajstić information content (AvgIpc) is 3.52. The number of anilines is 1. The van der Waals surface area contributed by atoms with Gasteiger partial charge in [0.05, 0.1) is 31.7 Å². The number of benzene rings is 4. The van der Waals surface area contributed by atoms with Crippen LogP contribution < -0.4 is 14.8 Å². The van der Waals surface area contributed by atoms with Crippen molar-refractivity contribution in [1.82, 2.24) is 4.90 Å². The first kappa shape index (κ1) is 26.7. The number of ketones is 2. The zero-order valence-electron chi connectivity index (χ0n) is 24.0. The summed E-state index contributed by atoms with van der Waals surface area (Å²) in [6.07, 6.45) is 3.82. The van der Waals surface area contributed by atoms with Crippen LogP contribution in [0.3, 0.4) is 0 Å². The Labute approximate surface area is 249 Å². The topological polar surface area (TPSA) is 84.9 Å². The molecule has 1 N–H and O–H groups in total. The highest BCUT2D eigenvalue weighted by molar-refractivity contribution is 6.17.